The number of esters is 1. The highest BCUT2D eigenvalue weighted by atomic mass is 32.2. The normalized spacial score (nSPS) is 11.3. The number of hydrogen-bond donors (Lipinski definition) is 0. The third-order valence-electron chi connectivity index (χ3n) is 3.93. The molecule has 2 aromatic rings. The van der Waals surface area contributed by atoms with Crippen LogP contribution in [0.15, 0.2) is 53.4 Å². The average Bonchev–Trinajstić information content (AvgIpc) is 2.67. The number of likely N-dealkylation sites (N-methyl/N-ethyl adjacent to an activating group) is 1. The lowest BCUT2D eigenvalue weighted by Crippen LogP contribution is -2.30. The van der Waals surface area contributed by atoms with Gasteiger partial charge in [-0.2, -0.15) is 0 Å². The summed E-state index contributed by atoms with van der Waals surface area (Å²) in [6, 6.07) is 11.1. The summed E-state index contributed by atoms with van der Waals surface area (Å²) in [6.07, 6.45) is 0. The number of hydrogen-bond acceptors (Lipinski definition) is 5. The van der Waals surface area contributed by atoms with Gasteiger partial charge in [-0.25, -0.2) is 21.9 Å². The standard InChI is InChI=1S/C19H21FN2O5S/c1-21(2)28(25,26)17-6-4-5-15(11-17)19(24)27-13-18(23)22(3)12-14-7-9-16(20)10-8-14/h4-11H,12-13H2,1-3H3. The van der Waals surface area contributed by atoms with Crippen LogP contribution >= 0.6 is 0 Å². The third-order valence-corrected chi connectivity index (χ3v) is 5.74. The van der Waals surface area contributed by atoms with E-state index >= 15 is 0 Å². The van der Waals surface area contributed by atoms with Crippen molar-refractivity contribution < 1.29 is 27.1 Å². The van der Waals surface area contributed by atoms with Crippen LogP contribution in [0.25, 0.3) is 0 Å². The van der Waals surface area contributed by atoms with Gasteiger partial charge in [0.05, 0.1) is 10.5 Å². The summed E-state index contributed by atoms with van der Waals surface area (Å²) in [4.78, 5) is 25.6. The molecule has 0 saturated carbocycles. The van der Waals surface area contributed by atoms with E-state index in [0.29, 0.717) is 0 Å². The molecule has 0 bridgehead atoms. The predicted octanol–water partition coefficient (Wildman–Crippen LogP) is 1.89. The second kappa shape index (κ2) is 8.94. The minimum atomic E-state index is -3.69. The summed E-state index contributed by atoms with van der Waals surface area (Å²) in [6.45, 7) is -0.269. The molecule has 2 aromatic carbocycles. The molecule has 7 nitrogen and oxygen atoms in total. The molecular formula is C19H21FN2O5S. The Kier molecular flexibility index (Phi) is 6.87. The lowest BCUT2D eigenvalue weighted by atomic mass is 10.2. The molecule has 9 heteroatoms. The monoisotopic (exact) mass is 408 g/mol. The van der Waals surface area contributed by atoms with E-state index in [1.165, 1.54) is 62.4 Å². The maximum atomic E-state index is 12.9. The fourth-order valence-electron chi connectivity index (χ4n) is 2.27. The molecule has 0 aromatic heterocycles. The fraction of sp³-hybridized carbons (Fsp3) is 0.263. The first-order valence-corrected chi connectivity index (χ1v) is 9.73. The Hall–Kier alpha value is -2.78. The van der Waals surface area contributed by atoms with Crippen LogP contribution in [0, 0.1) is 5.82 Å². The SMILES string of the molecule is CN(Cc1ccc(F)cc1)C(=O)COC(=O)c1cccc(S(=O)(=O)N(C)C)c1. The van der Waals surface area contributed by atoms with Crippen molar-refractivity contribution in [2.75, 3.05) is 27.7 Å². The van der Waals surface area contributed by atoms with Crippen LogP contribution in [0.1, 0.15) is 15.9 Å². The van der Waals surface area contributed by atoms with Gasteiger partial charge in [-0.15, -0.1) is 0 Å². The first kappa shape index (κ1) is 21.5. The zero-order chi connectivity index (χ0) is 20.9. The Labute approximate surface area is 163 Å². The molecule has 150 valence electrons. The molecule has 0 aliphatic rings. The molecule has 2 rings (SSSR count). The molecule has 0 fully saturated rings. The number of halogens is 1. The van der Waals surface area contributed by atoms with E-state index in [2.05, 4.69) is 0 Å². The first-order valence-electron chi connectivity index (χ1n) is 8.29. The Morgan fingerprint density at radius 1 is 1.04 bits per heavy atom. The summed E-state index contributed by atoms with van der Waals surface area (Å²) < 4.78 is 43.2. The van der Waals surface area contributed by atoms with Gasteiger partial charge in [-0.05, 0) is 35.9 Å². The smallest absolute Gasteiger partial charge is 0.338 e. The van der Waals surface area contributed by atoms with Gasteiger partial charge in [0.1, 0.15) is 5.82 Å². The van der Waals surface area contributed by atoms with E-state index in [1.807, 2.05) is 0 Å². The van der Waals surface area contributed by atoms with Crippen LogP contribution in [-0.2, 0) is 26.1 Å². The minimum Gasteiger partial charge on any atom is -0.452 e. The second-order valence-electron chi connectivity index (χ2n) is 6.27. The lowest BCUT2D eigenvalue weighted by Gasteiger charge is -2.17. The molecular weight excluding hydrogens is 387 g/mol. The molecule has 0 aliphatic heterocycles. The van der Waals surface area contributed by atoms with E-state index in [0.717, 1.165) is 9.87 Å². The Morgan fingerprint density at radius 2 is 1.68 bits per heavy atom. The average molecular weight is 408 g/mol. The van der Waals surface area contributed by atoms with Crippen LogP contribution in [-0.4, -0.2) is 57.2 Å². The molecule has 0 heterocycles. The van der Waals surface area contributed by atoms with E-state index in [9.17, 15) is 22.4 Å². The molecule has 0 unspecified atom stereocenters. The maximum Gasteiger partial charge on any atom is 0.338 e. The fourth-order valence-corrected chi connectivity index (χ4v) is 3.22. The summed E-state index contributed by atoms with van der Waals surface area (Å²) >= 11 is 0. The van der Waals surface area contributed by atoms with E-state index < -0.39 is 28.5 Å². The van der Waals surface area contributed by atoms with Gasteiger partial charge in [0.2, 0.25) is 10.0 Å². The Morgan fingerprint density at radius 3 is 2.29 bits per heavy atom. The number of carbonyl (C=O) groups is 2. The van der Waals surface area contributed by atoms with Crippen molar-refractivity contribution in [2.45, 2.75) is 11.4 Å². The molecule has 28 heavy (non-hydrogen) atoms. The van der Waals surface area contributed by atoms with Crippen LogP contribution < -0.4 is 0 Å². The highest BCUT2D eigenvalue weighted by Crippen LogP contribution is 2.15. The summed E-state index contributed by atoms with van der Waals surface area (Å²) in [5.41, 5.74) is 0.752. The Bertz CT molecular complexity index is 959. The number of benzene rings is 2. The van der Waals surface area contributed by atoms with Crippen LogP contribution in [0.3, 0.4) is 0 Å². The molecule has 0 radical (unpaired) electrons. The van der Waals surface area contributed by atoms with Crippen molar-refractivity contribution >= 4 is 21.9 Å². The van der Waals surface area contributed by atoms with E-state index in [4.69, 9.17) is 4.74 Å². The molecule has 1 amide bonds. The van der Waals surface area contributed by atoms with Crippen molar-refractivity contribution in [3.05, 3.63) is 65.5 Å². The van der Waals surface area contributed by atoms with Gasteiger partial charge in [0.25, 0.3) is 5.91 Å². The second-order valence-corrected chi connectivity index (χ2v) is 8.42. The minimum absolute atomic E-state index is 0.0249. The van der Waals surface area contributed by atoms with Gasteiger partial charge in [0.15, 0.2) is 6.61 Å². The van der Waals surface area contributed by atoms with Crippen LogP contribution in [0.2, 0.25) is 0 Å². The van der Waals surface area contributed by atoms with Crippen molar-refractivity contribution in [3.8, 4) is 0 Å². The lowest BCUT2D eigenvalue weighted by molar-refractivity contribution is -0.133. The van der Waals surface area contributed by atoms with Crippen molar-refractivity contribution in [1.29, 1.82) is 0 Å². The summed E-state index contributed by atoms with van der Waals surface area (Å²) in [5, 5.41) is 0. The van der Waals surface area contributed by atoms with Crippen molar-refractivity contribution in [1.82, 2.24) is 9.21 Å². The summed E-state index contributed by atoms with van der Waals surface area (Å²) in [7, 11) is 0.610. The number of carbonyl (C=O) groups excluding carboxylic acids is 2. The zero-order valence-corrected chi connectivity index (χ0v) is 16.6. The molecule has 0 saturated heterocycles. The van der Waals surface area contributed by atoms with E-state index in [-0.39, 0.29) is 22.8 Å². The van der Waals surface area contributed by atoms with Crippen molar-refractivity contribution in [3.63, 3.8) is 0 Å². The van der Waals surface area contributed by atoms with Gasteiger partial charge < -0.3 is 9.64 Å². The zero-order valence-electron chi connectivity index (χ0n) is 15.8. The van der Waals surface area contributed by atoms with Crippen molar-refractivity contribution in [2.24, 2.45) is 0 Å². The number of ether oxygens (including phenoxy) is 1. The Balaban J connectivity index is 1.98. The molecule has 0 N–H and O–H groups in total. The highest BCUT2D eigenvalue weighted by molar-refractivity contribution is 7.89. The predicted molar refractivity (Wildman–Crippen MR) is 100 cm³/mol. The number of rotatable bonds is 7. The van der Waals surface area contributed by atoms with Crippen LogP contribution in [0.5, 0.6) is 0 Å². The number of nitrogens with zero attached hydrogens (tertiary/aromatic N) is 2. The number of sulfonamides is 1. The van der Waals surface area contributed by atoms with Gasteiger partial charge >= 0.3 is 5.97 Å². The van der Waals surface area contributed by atoms with E-state index in [1.54, 1.807) is 12.1 Å². The van der Waals surface area contributed by atoms with Gasteiger partial charge in [-0.1, -0.05) is 18.2 Å². The quantitative estimate of drug-likeness (QED) is 0.654. The highest BCUT2D eigenvalue weighted by Gasteiger charge is 2.20. The number of amides is 1. The first-order chi connectivity index (χ1) is 13.1. The van der Waals surface area contributed by atoms with Crippen LogP contribution in [0.4, 0.5) is 4.39 Å². The molecule has 0 atom stereocenters. The third kappa shape index (κ3) is 5.37. The van der Waals surface area contributed by atoms with Gasteiger partial charge in [-0.3, -0.25) is 4.79 Å². The summed E-state index contributed by atoms with van der Waals surface area (Å²) in [5.74, 6) is -1.63. The maximum absolute atomic E-state index is 12.9. The molecule has 0 spiro atoms. The topological polar surface area (TPSA) is 84.0 Å². The molecule has 0 aliphatic carbocycles. The largest absolute Gasteiger partial charge is 0.452 e. The van der Waals surface area contributed by atoms with Gasteiger partial charge in [0, 0.05) is 27.7 Å².